The lowest BCUT2D eigenvalue weighted by Gasteiger charge is -2.37. The second-order valence-electron chi connectivity index (χ2n) is 8.41. The molecule has 0 heterocycles. The molecule has 0 saturated heterocycles. The molecule has 0 aromatic heterocycles. The molecule has 0 bridgehead atoms. The lowest BCUT2D eigenvalue weighted by Crippen LogP contribution is -2.27. The molecule has 2 saturated carbocycles. The smallest absolute Gasteiger partial charge is 0.330 e. The van der Waals surface area contributed by atoms with Crippen LogP contribution in [0.5, 0.6) is 0 Å². The zero-order valence-electron chi connectivity index (χ0n) is 16.2. The summed E-state index contributed by atoms with van der Waals surface area (Å²) in [6, 6.07) is 10.3. The highest BCUT2D eigenvalue weighted by atomic mass is 16.5. The average Bonchev–Trinajstić information content (AvgIpc) is 2.73. The summed E-state index contributed by atoms with van der Waals surface area (Å²) in [7, 11) is 0. The number of hydrogen-bond acceptors (Lipinski definition) is 3. The highest BCUT2D eigenvalue weighted by Crippen LogP contribution is 2.42. The van der Waals surface area contributed by atoms with Crippen LogP contribution in [-0.4, -0.2) is 12.6 Å². The summed E-state index contributed by atoms with van der Waals surface area (Å²) >= 11 is 0. The van der Waals surface area contributed by atoms with E-state index in [1.165, 1.54) is 63.0 Å². The molecule has 0 spiro atoms. The van der Waals surface area contributed by atoms with Crippen molar-refractivity contribution in [2.45, 2.75) is 57.8 Å². The zero-order chi connectivity index (χ0) is 19.1. The van der Waals surface area contributed by atoms with Crippen LogP contribution in [0.1, 0.15) is 62.5 Å². The molecule has 0 N–H and O–H groups in total. The molecule has 2 aliphatic rings. The second-order valence-corrected chi connectivity index (χ2v) is 8.41. The molecular formula is C24H31NO2. The van der Waals surface area contributed by atoms with E-state index in [0.29, 0.717) is 12.5 Å². The van der Waals surface area contributed by atoms with Crippen LogP contribution in [0.4, 0.5) is 0 Å². The predicted molar refractivity (Wildman–Crippen MR) is 107 cm³/mol. The van der Waals surface area contributed by atoms with E-state index in [-0.39, 0.29) is 5.97 Å². The molecule has 0 amide bonds. The van der Waals surface area contributed by atoms with Crippen LogP contribution in [0.3, 0.4) is 0 Å². The van der Waals surface area contributed by atoms with Gasteiger partial charge in [0.25, 0.3) is 0 Å². The monoisotopic (exact) mass is 365 g/mol. The van der Waals surface area contributed by atoms with Crippen LogP contribution < -0.4 is 0 Å². The van der Waals surface area contributed by atoms with Gasteiger partial charge in [-0.1, -0.05) is 18.7 Å². The Balaban J connectivity index is 1.37. The van der Waals surface area contributed by atoms with Gasteiger partial charge in [-0.25, -0.2) is 4.79 Å². The molecule has 3 rings (SSSR count). The first-order chi connectivity index (χ1) is 13.2. The normalized spacial score (nSPS) is 28.1. The van der Waals surface area contributed by atoms with E-state index >= 15 is 0 Å². The van der Waals surface area contributed by atoms with Crippen LogP contribution in [0.2, 0.25) is 0 Å². The van der Waals surface area contributed by atoms with E-state index in [1.807, 2.05) is 12.1 Å². The maximum atomic E-state index is 11.2. The van der Waals surface area contributed by atoms with Crippen molar-refractivity contribution in [1.82, 2.24) is 0 Å². The fourth-order valence-corrected chi connectivity index (χ4v) is 5.00. The summed E-state index contributed by atoms with van der Waals surface area (Å²) in [6.45, 7) is 4.01. The maximum Gasteiger partial charge on any atom is 0.330 e. The zero-order valence-corrected chi connectivity index (χ0v) is 16.2. The summed E-state index contributed by atoms with van der Waals surface area (Å²) in [5.41, 5.74) is 2.12. The van der Waals surface area contributed by atoms with Gasteiger partial charge in [0.05, 0.1) is 18.2 Å². The number of nitriles is 1. The van der Waals surface area contributed by atoms with E-state index < -0.39 is 0 Å². The van der Waals surface area contributed by atoms with Crippen molar-refractivity contribution in [3.63, 3.8) is 0 Å². The third-order valence-corrected chi connectivity index (χ3v) is 6.68. The van der Waals surface area contributed by atoms with Gasteiger partial charge in [-0.05, 0) is 99.2 Å². The Morgan fingerprint density at radius 2 is 1.56 bits per heavy atom. The highest BCUT2D eigenvalue weighted by Gasteiger charge is 2.31. The van der Waals surface area contributed by atoms with Gasteiger partial charge in [0.15, 0.2) is 0 Å². The molecule has 144 valence electrons. The van der Waals surface area contributed by atoms with Crippen molar-refractivity contribution < 1.29 is 9.53 Å². The summed E-state index contributed by atoms with van der Waals surface area (Å²) in [5, 5.41) is 8.91. The Labute approximate surface area is 163 Å². The van der Waals surface area contributed by atoms with Gasteiger partial charge in [-0.3, -0.25) is 0 Å². The highest BCUT2D eigenvalue weighted by molar-refractivity contribution is 5.81. The van der Waals surface area contributed by atoms with Crippen LogP contribution >= 0.6 is 0 Å². The van der Waals surface area contributed by atoms with Crippen LogP contribution in [0.15, 0.2) is 36.9 Å². The van der Waals surface area contributed by atoms with Crippen LogP contribution in [0.25, 0.3) is 0 Å². The summed E-state index contributed by atoms with van der Waals surface area (Å²) in [6.07, 6.45) is 12.8. The Morgan fingerprint density at radius 3 is 2.07 bits per heavy atom. The molecule has 27 heavy (non-hydrogen) atoms. The number of carbonyl (C=O) groups is 1. The number of carbonyl (C=O) groups excluding carboxylic acids is 1. The van der Waals surface area contributed by atoms with Crippen molar-refractivity contribution >= 4 is 5.97 Å². The number of nitrogens with zero attached hydrogens (tertiary/aromatic N) is 1. The Bertz CT molecular complexity index is 657. The number of ether oxygens (including phenoxy) is 1. The maximum absolute atomic E-state index is 11.2. The van der Waals surface area contributed by atoms with Gasteiger partial charge in [0.1, 0.15) is 0 Å². The number of benzene rings is 1. The van der Waals surface area contributed by atoms with Crippen molar-refractivity contribution in [3.8, 4) is 6.07 Å². The van der Waals surface area contributed by atoms with Gasteiger partial charge in [0, 0.05) is 6.08 Å². The lowest BCUT2D eigenvalue weighted by molar-refractivity contribution is -0.139. The number of hydrogen-bond donors (Lipinski definition) is 0. The molecule has 2 aliphatic carbocycles. The summed E-state index contributed by atoms with van der Waals surface area (Å²) in [4.78, 5) is 11.2. The molecule has 0 radical (unpaired) electrons. The Hall–Kier alpha value is -2.08. The van der Waals surface area contributed by atoms with Crippen molar-refractivity contribution in [1.29, 1.82) is 5.26 Å². The summed E-state index contributed by atoms with van der Waals surface area (Å²) in [5.74, 6) is 2.80. The van der Waals surface area contributed by atoms with Crippen LogP contribution in [-0.2, 0) is 16.0 Å². The third-order valence-electron chi connectivity index (χ3n) is 6.68. The SMILES string of the molecule is C=CC(=O)OCC1CCC(C2CCC(Cc3ccc(C#N)cc3)CC2)CC1. The van der Waals surface area contributed by atoms with E-state index in [4.69, 9.17) is 10.00 Å². The predicted octanol–water partition coefficient (Wildman–Crippen LogP) is 5.44. The molecule has 0 aliphatic heterocycles. The molecule has 1 aromatic carbocycles. The van der Waals surface area contributed by atoms with E-state index in [1.54, 1.807) is 0 Å². The molecule has 3 heteroatoms. The fourth-order valence-electron chi connectivity index (χ4n) is 5.00. The second kappa shape index (κ2) is 9.74. The molecule has 1 aromatic rings. The van der Waals surface area contributed by atoms with Gasteiger partial charge >= 0.3 is 5.97 Å². The minimum Gasteiger partial charge on any atom is -0.462 e. The first-order valence-electron chi connectivity index (χ1n) is 10.5. The minimum absolute atomic E-state index is 0.294. The Kier molecular flexibility index (Phi) is 7.10. The lowest BCUT2D eigenvalue weighted by atomic mass is 9.68. The number of esters is 1. The standard InChI is InChI=1S/C24H31NO2/c1-2-24(26)27-17-21-9-13-23(14-10-21)22-11-7-19(8-12-22)15-18-3-5-20(16-25)6-4-18/h2-6,19,21-23H,1,7-15,17H2. The molecule has 0 unspecified atom stereocenters. The Morgan fingerprint density at radius 1 is 1.00 bits per heavy atom. The van der Waals surface area contributed by atoms with Gasteiger partial charge < -0.3 is 4.74 Å². The average molecular weight is 366 g/mol. The van der Waals surface area contributed by atoms with Crippen molar-refractivity contribution in [2.75, 3.05) is 6.61 Å². The largest absolute Gasteiger partial charge is 0.462 e. The van der Waals surface area contributed by atoms with E-state index in [0.717, 1.165) is 29.7 Å². The minimum atomic E-state index is -0.294. The van der Waals surface area contributed by atoms with Crippen LogP contribution in [0, 0.1) is 35.0 Å². The quantitative estimate of drug-likeness (QED) is 0.498. The third kappa shape index (κ3) is 5.70. The summed E-state index contributed by atoms with van der Waals surface area (Å²) < 4.78 is 5.22. The van der Waals surface area contributed by atoms with Gasteiger partial charge in [-0.2, -0.15) is 5.26 Å². The van der Waals surface area contributed by atoms with Crippen molar-refractivity contribution in [2.24, 2.45) is 23.7 Å². The molecule has 3 nitrogen and oxygen atoms in total. The molecular weight excluding hydrogens is 334 g/mol. The topological polar surface area (TPSA) is 50.1 Å². The molecule has 2 fully saturated rings. The first kappa shape index (κ1) is 19.7. The van der Waals surface area contributed by atoms with E-state index in [9.17, 15) is 4.79 Å². The first-order valence-corrected chi connectivity index (χ1v) is 10.5. The van der Waals surface area contributed by atoms with E-state index in [2.05, 4.69) is 24.8 Å². The van der Waals surface area contributed by atoms with Gasteiger partial charge in [0.2, 0.25) is 0 Å². The van der Waals surface area contributed by atoms with Gasteiger partial charge in [-0.15, -0.1) is 0 Å². The van der Waals surface area contributed by atoms with Crippen molar-refractivity contribution in [3.05, 3.63) is 48.0 Å². The fraction of sp³-hybridized carbons (Fsp3) is 0.583. The molecule has 0 atom stereocenters. The number of rotatable bonds is 6.